The van der Waals surface area contributed by atoms with Gasteiger partial charge in [0.25, 0.3) is 0 Å². The Morgan fingerprint density at radius 3 is 1.06 bits per heavy atom. The van der Waals surface area contributed by atoms with Crippen LogP contribution in [0.15, 0.2) is 133 Å². The number of benzene rings is 10. The number of fused-ring (bicyclic) bond motifs is 4. The Balaban J connectivity index is 1.07. The minimum atomic E-state index is -0.491. The number of hydrogen-bond donors (Lipinski definition) is 0. The van der Waals surface area contributed by atoms with Crippen molar-refractivity contribution in [2.75, 3.05) is 0 Å². The molecule has 0 saturated heterocycles. The average molecular weight is 623 g/mol. The number of terminal acetylenes is 2. The molecule has 0 spiro atoms. The molecule has 2 unspecified atom stereocenters. The second kappa shape index (κ2) is 10.7. The van der Waals surface area contributed by atoms with Crippen LogP contribution >= 0.6 is 0 Å². The Morgan fingerprint density at radius 2 is 0.694 bits per heavy atom. The van der Waals surface area contributed by atoms with Crippen molar-refractivity contribution in [2.24, 2.45) is 0 Å². The van der Waals surface area contributed by atoms with E-state index in [-0.39, 0.29) is 0 Å². The second-order valence-corrected chi connectivity index (χ2v) is 13.3. The fraction of sp³-hybridized carbons (Fsp3) is 0.0833. The highest BCUT2D eigenvalue weighted by Gasteiger charge is 2.22. The molecule has 10 aromatic rings. The Labute approximate surface area is 284 Å². The minimum absolute atomic E-state index is 0.491. The summed E-state index contributed by atoms with van der Waals surface area (Å²) in [7, 11) is 0. The molecule has 0 aliphatic rings. The van der Waals surface area contributed by atoms with Gasteiger partial charge in [-0.2, -0.15) is 0 Å². The number of rotatable bonds is 6. The Kier molecular flexibility index (Phi) is 6.10. The van der Waals surface area contributed by atoms with E-state index < -0.39 is 12.2 Å². The van der Waals surface area contributed by atoms with Gasteiger partial charge in [0, 0.05) is 12.8 Å². The highest BCUT2D eigenvalue weighted by Crippen LogP contribution is 2.43. The van der Waals surface area contributed by atoms with Crippen molar-refractivity contribution in [1.82, 2.24) is 0 Å². The molecular weight excluding hydrogens is 593 g/mol. The molecule has 1 heteroatoms. The van der Waals surface area contributed by atoms with Gasteiger partial charge in [0.2, 0.25) is 0 Å². The van der Waals surface area contributed by atoms with E-state index in [0.717, 1.165) is 0 Å². The van der Waals surface area contributed by atoms with Gasteiger partial charge in [0.15, 0.2) is 0 Å². The molecule has 2 atom stereocenters. The van der Waals surface area contributed by atoms with E-state index in [1.807, 2.05) is 0 Å². The van der Waals surface area contributed by atoms with Crippen LogP contribution in [0.1, 0.15) is 11.1 Å². The maximum Gasteiger partial charge on any atom is 0.123 e. The second-order valence-electron chi connectivity index (χ2n) is 13.3. The summed E-state index contributed by atoms with van der Waals surface area (Å²) in [6.07, 6.45) is 12.6. The quantitative estimate of drug-likeness (QED) is 0.102. The van der Waals surface area contributed by atoms with Crippen molar-refractivity contribution < 1.29 is 4.74 Å². The van der Waals surface area contributed by atoms with Gasteiger partial charge in [-0.3, -0.25) is 0 Å². The summed E-state index contributed by atoms with van der Waals surface area (Å²) in [6.45, 7) is 0. The number of hydrogen-bond acceptors (Lipinski definition) is 1. The first-order valence-electron chi connectivity index (χ1n) is 16.9. The molecule has 0 aliphatic heterocycles. The summed E-state index contributed by atoms with van der Waals surface area (Å²) < 4.78 is 6.69. The third-order valence-corrected chi connectivity index (χ3v) is 10.7. The van der Waals surface area contributed by atoms with E-state index in [1.54, 1.807) is 0 Å². The van der Waals surface area contributed by atoms with Crippen LogP contribution in [-0.2, 0) is 17.6 Å². The Morgan fingerprint density at radius 1 is 0.367 bits per heavy atom. The fourth-order valence-electron chi connectivity index (χ4n) is 8.69. The van der Waals surface area contributed by atoms with Crippen LogP contribution in [-0.4, -0.2) is 12.2 Å². The zero-order valence-electron chi connectivity index (χ0n) is 26.8. The van der Waals surface area contributed by atoms with E-state index in [2.05, 4.69) is 145 Å². The van der Waals surface area contributed by atoms with Gasteiger partial charge < -0.3 is 4.74 Å². The molecule has 0 bridgehead atoms. The molecule has 0 N–H and O–H groups in total. The Bertz CT molecular complexity index is 2790. The first-order valence-corrected chi connectivity index (χ1v) is 16.9. The summed E-state index contributed by atoms with van der Waals surface area (Å²) in [5.74, 6) is 5.93. The molecule has 0 radical (unpaired) electrons. The molecule has 0 aromatic heterocycles. The minimum Gasteiger partial charge on any atom is -0.349 e. The van der Waals surface area contributed by atoms with E-state index in [1.165, 1.54) is 97.3 Å². The van der Waals surface area contributed by atoms with Crippen LogP contribution in [0.5, 0.6) is 0 Å². The fourth-order valence-corrected chi connectivity index (χ4v) is 8.69. The largest absolute Gasteiger partial charge is 0.349 e. The molecule has 0 heterocycles. The molecule has 10 rings (SSSR count). The maximum absolute atomic E-state index is 6.69. The molecule has 228 valence electrons. The lowest BCUT2D eigenvalue weighted by Gasteiger charge is -2.22. The van der Waals surface area contributed by atoms with Crippen molar-refractivity contribution in [1.29, 1.82) is 0 Å². The van der Waals surface area contributed by atoms with Crippen LogP contribution < -0.4 is 0 Å². The number of ether oxygens (including phenoxy) is 1. The van der Waals surface area contributed by atoms with Gasteiger partial charge >= 0.3 is 0 Å². The third-order valence-electron chi connectivity index (χ3n) is 10.7. The van der Waals surface area contributed by atoms with E-state index in [9.17, 15) is 0 Å². The molecule has 0 fully saturated rings. The van der Waals surface area contributed by atoms with Crippen LogP contribution in [0.4, 0.5) is 0 Å². The zero-order valence-corrected chi connectivity index (χ0v) is 26.8. The third kappa shape index (κ3) is 4.07. The molecule has 0 saturated carbocycles. The predicted octanol–water partition coefficient (Wildman–Crippen LogP) is 11.6. The molecule has 10 aromatic carbocycles. The van der Waals surface area contributed by atoms with Gasteiger partial charge in [-0.25, -0.2) is 0 Å². The zero-order chi connectivity index (χ0) is 32.6. The summed E-state index contributed by atoms with van der Waals surface area (Å²) in [4.78, 5) is 0. The van der Waals surface area contributed by atoms with Crippen molar-refractivity contribution >= 4 is 86.2 Å². The lowest BCUT2D eigenvalue weighted by atomic mass is 9.86. The normalized spacial score (nSPS) is 13.3. The first-order chi connectivity index (χ1) is 24.2. The maximum atomic E-state index is 6.69. The van der Waals surface area contributed by atoms with E-state index in [4.69, 9.17) is 17.6 Å². The first kappa shape index (κ1) is 27.9. The monoisotopic (exact) mass is 622 g/mol. The molecule has 0 aliphatic carbocycles. The summed E-state index contributed by atoms with van der Waals surface area (Å²) >= 11 is 0. The summed E-state index contributed by atoms with van der Waals surface area (Å²) in [6, 6.07) is 48.4. The van der Waals surface area contributed by atoms with E-state index in [0.29, 0.717) is 12.8 Å². The standard InChI is InChI=1S/C48H30O/c1-3-35(27-33-25-23-31-15-7-19-39-37-17-5-11-29-13-9-21-41(43(29)37)47(33)45(31)39)49-36(4-2)28-34-26-24-32-16-8-20-40-38-18-6-12-30-14-10-22-42(44(30)38)48(34)46(32)40/h1-2,5-26,35-36H,27-28H2. The lowest BCUT2D eigenvalue weighted by Crippen LogP contribution is -2.24. The lowest BCUT2D eigenvalue weighted by molar-refractivity contribution is 0.0537. The predicted molar refractivity (Wildman–Crippen MR) is 209 cm³/mol. The highest BCUT2D eigenvalue weighted by atomic mass is 16.5. The van der Waals surface area contributed by atoms with Crippen molar-refractivity contribution in [3.8, 4) is 24.7 Å². The van der Waals surface area contributed by atoms with E-state index >= 15 is 0 Å². The summed E-state index contributed by atoms with van der Waals surface area (Å²) in [5, 5.41) is 20.1. The smallest absolute Gasteiger partial charge is 0.123 e. The van der Waals surface area contributed by atoms with Crippen LogP contribution in [0, 0.1) is 24.7 Å². The van der Waals surface area contributed by atoms with Gasteiger partial charge in [0.1, 0.15) is 12.2 Å². The topological polar surface area (TPSA) is 9.23 Å². The molecular formula is C48H30O. The SMILES string of the molecule is C#CC(Cc1ccc2cccc3c4cccc5cccc(c1c23)c54)OC(C#C)Cc1ccc2cccc3c4cccc5cccc(c1c23)c54. The van der Waals surface area contributed by atoms with Crippen LogP contribution in [0.3, 0.4) is 0 Å². The van der Waals surface area contributed by atoms with Crippen LogP contribution in [0.2, 0.25) is 0 Å². The highest BCUT2D eigenvalue weighted by molar-refractivity contribution is 6.34. The van der Waals surface area contributed by atoms with Crippen molar-refractivity contribution in [3.05, 3.63) is 145 Å². The van der Waals surface area contributed by atoms with Gasteiger partial charge in [-0.1, -0.05) is 145 Å². The molecule has 0 amide bonds. The van der Waals surface area contributed by atoms with Crippen molar-refractivity contribution in [3.63, 3.8) is 0 Å². The van der Waals surface area contributed by atoms with Crippen molar-refractivity contribution in [2.45, 2.75) is 25.0 Å². The van der Waals surface area contributed by atoms with Gasteiger partial charge in [-0.05, 0) is 97.3 Å². The Hall–Kier alpha value is -6.12. The molecule has 49 heavy (non-hydrogen) atoms. The van der Waals surface area contributed by atoms with Gasteiger partial charge in [0.05, 0.1) is 0 Å². The van der Waals surface area contributed by atoms with Gasteiger partial charge in [-0.15, -0.1) is 12.8 Å². The summed E-state index contributed by atoms with van der Waals surface area (Å²) in [5.41, 5.74) is 2.35. The van der Waals surface area contributed by atoms with Crippen LogP contribution in [0.25, 0.3) is 86.2 Å². The molecule has 1 nitrogen and oxygen atoms in total. The average Bonchev–Trinajstić information content (AvgIpc) is 3.15.